The largest absolute Gasteiger partial charge is 0.465 e. The van der Waals surface area contributed by atoms with Gasteiger partial charge in [0.1, 0.15) is 6.54 Å². The van der Waals surface area contributed by atoms with E-state index >= 15 is 0 Å². The highest BCUT2D eigenvalue weighted by atomic mass is 16.5. The highest BCUT2D eigenvalue weighted by Gasteiger charge is 2.26. The summed E-state index contributed by atoms with van der Waals surface area (Å²) in [6.45, 7) is 5.65. The fraction of sp³-hybridized carbons (Fsp3) is 0.407. The first-order valence-electron chi connectivity index (χ1n) is 11.6. The molecule has 0 spiro atoms. The number of ether oxygens (including phenoxy) is 1. The first-order chi connectivity index (χ1) is 15.6. The molecular formula is C27H32N2O3. The van der Waals surface area contributed by atoms with Crippen molar-refractivity contribution in [3.05, 3.63) is 76.9 Å². The van der Waals surface area contributed by atoms with Crippen LogP contribution in [0.2, 0.25) is 0 Å². The van der Waals surface area contributed by atoms with Crippen molar-refractivity contribution in [1.29, 1.82) is 0 Å². The van der Waals surface area contributed by atoms with E-state index in [2.05, 4.69) is 23.1 Å². The summed E-state index contributed by atoms with van der Waals surface area (Å²) in [5.74, 6) is 0.316. The highest BCUT2D eigenvalue weighted by Crippen LogP contribution is 2.32. The van der Waals surface area contributed by atoms with Gasteiger partial charge in [-0.25, -0.2) is 0 Å². The fourth-order valence-electron chi connectivity index (χ4n) is 4.32. The molecule has 0 unspecified atom stereocenters. The van der Waals surface area contributed by atoms with Crippen LogP contribution < -0.4 is 0 Å². The Labute approximate surface area is 190 Å². The second-order valence-electron chi connectivity index (χ2n) is 8.73. The summed E-state index contributed by atoms with van der Waals surface area (Å²) in [5, 5.41) is 0. The molecular weight excluding hydrogens is 400 g/mol. The van der Waals surface area contributed by atoms with Crippen LogP contribution in [0.3, 0.4) is 0 Å². The maximum Gasteiger partial charge on any atom is 0.325 e. The molecule has 1 aliphatic heterocycles. The zero-order chi connectivity index (χ0) is 22.3. The Morgan fingerprint density at radius 3 is 2.69 bits per heavy atom. The third-order valence-corrected chi connectivity index (χ3v) is 6.15. The van der Waals surface area contributed by atoms with Gasteiger partial charge in [-0.15, -0.1) is 0 Å². The SMILES string of the molecule is CCOC(=O)CN(Cc1ccccc1)C(=O)/C=C/c1cccc2c1CCN(CC1CC1)C2. The van der Waals surface area contributed by atoms with Crippen LogP contribution in [0.5, 0.6) is 0 Å². The first-order valence-corrected chi connectivity index (χ1v) is 11.6. The van der Waals surface area contributed by atoms with Gasteiger partial charge in [0.2, 0.25) is 5.91 Å². The van der Waals surface area contributed by atoms with Gasteiger partial charge in [-0.1, -0.05) is 48.5 Å². The van der Waals surface area contributed by atoms with Crippen molar-refractivity contribution < 1.29 is 14.3 Å². The normalized spacial score (nSPS) is 16.0. The van der Waals surface area contributed by atoms with Gasteiger partial charge in [0.15, 0.2) is 0 Å². The monoisotopic (exact) mass is 432 g/mol. The lowest BCUT2D eigenvalue weighted by atomic mass is 9.94. The van der Waals surface area contributed by atoms with Crippen molar-refractivity contribution in [2.24, 2.45) is 5.92 Å². The van der Waals surface area contributed by atoms with E-state index in [9.17, 15) is 9.59 Å². The molecule has 0 saturated heterocycles. The molecule has 2 aromatic carbocycles. The van der Waals surface area contributed by atoms with Gasteiger partial charge >= 0.3 is 5.97 Å². The zero-order valence-corrected chi connectivity index (χ0v) is 18.8. The molecule has 0 radical (unpaired) electrons. The van der Waals surface area contributed by atoms with Gasteiger partial charge in [0.05, 0.1) is 6.61 Å². The van der Waals surface area contributed by atoms with Crippen molar-refractivity contribution in [3.63, 3.8) is 0 Å². The molecule has 1 aliphatic carbocycles. The van der Waals surface area contributed by atoms with Crippen LogP contribution in [-0.4, -0.2) is 47.9 Å². The number of amides is 1. The summed E-state index contributed by atoms with van der Waals surface area (Å²) >= 11 is 0. The lowest BCUT2D eigenvalue weighted by Gasteiger charge is -2.29. The summed E-state index contributed by atoms with van der Waals surface area (Å²) < 4.78 is 5.08. The number of esters is 1. The number of benzene rings is 2. The number of nitrogens with zero attached hydrogens (tertiary/aromatic N) is 2. The van der Waals surface area contributed by atoms with E-state index in [4.69, 9.17) is 4.74 Å². The summed E-state index contributed by atoms with van der Waals surface area (Å²) in [6, 6.07) is 16.1. The summed E-state index contributed by atoms with van der Waals surface area (Å²) in [7, 11) is 0. The molecule has 1 fully saturated rings. The molecule has 0 aromatic heterocycles. The Bertz CT molecular complexity index is 966. The van der Waals surface area contributed by atoms with Gasteiger partial charge in [-0.3, -0.25) is 14.5 Å². The quantitative estimate of drug-likeness (QED) is 0.443. The van der Waals surface area contributed by atoms with Crippen LogP contribution in [0.4, 0.5) is 0 Å². The molecule has 0 bridgehead atoms. The molecule has 1 amide bonds. The summed E-state index contributed by atoms with van der Waals surface area (Å²) in [5.41, 5.74) is 4.77. The van der Waals surface area contributed by atoms with E-state index in [1.165, 1.54) is 35.4 Å². The number of fused-ring (bicyclic) bond motifs is 1. The Morgan fingerprint density at radius 2 is 1.94 bits per heavy atom. The van der Waals surface area contributed by atoms with E-state index in [0.717, 1.165) is 36.6 Å². The Morgan fingerprint density at radius 1 is 1.12 bits per heavy atom. The van der Waals surface area contributed by atoms with Gasteiger partial charge in [0.25, 0.3) is 0 Å². The van der Waals surface area contributed by atoms with Crippen LogP contribution in [-0.2, 0) is 33.8 Å². The first kappa shape index (κ1) is 22.3. The van der Waals surface area contributed by atoms with Crippen LogP contribution >= 0.6 is 0 Å². The molecule has 5 heteroatoms. The molecule has 32 heavy (non-hydrogen) atoms. The second kappa shape index (κ2) is 10.6. The third-order valence-electron chi connectivity index (χ3n) is 6.15. The Kier molecular flexibility index (Phi) is 7.38. The minimum absolute atomic E-state index is 0.0606. The highest BCUT2D eigenvalue weighted by molar-refractivity contribution is 5.94. The lowest BCUT2D eigenvalue weighted by molar-refractivity contribution is -0.148. The van der Waals surface area contributed by atoms with E-state index in [1.54, 1.807) is 13.0 Å². The second-order valence-corrected chi connectivity index (χ2v) is 8.73. The zero-order valence-electron chi connectivity index (χ0n) is 18.8. The van der Waals surface area contributed by atoms with Crippen molar-refractivity contribution in [3.8, 4) is 0 Å². The predicted octanol–water partition coefficient (Wildman–Crippen LogP) is 4.06. The molecule has 0 atom stereocenters. The summed E-state index contributed by atoms with van der Waals surface area (Å²) in [6.07, 6.45) is 7.25. The van der Waals surface area contributed by atoms with Gasteiger partial charge < -0.3 is 9.64 Å². The van der Waals surface area contributed by atoms with E-state index in [1.807, 2.05) is 36.4 Å². The summed E-state index contributed by atoms with van der Waals surface area (Å²) in [4.78, 5) is 29.2. The van der Waals surface area contributed by atoms with E-state index in [0.29, 0.717) is 13.2 Å². The van der Waals surface area contributed by atoms with Crippen molar-refractivity contribution >= 4 is 18.0 Å². The average Bonchev–Trinajstić information content (AvgIpc) is 3.61. The minimum Gasteiger partial charge on any atom is -0.465 e. The Hall–Kier alpha value is -2.92. The standard InChI is InChI=1S/C27H32N2O3/c1-2-32-27(31)20-29(18-21-7-4-3-5-8-21)26(30)14-13-23-9-6-10-24-19-28(16-15-25(23)24)17-22-11-12-22/h3-10,13-14,22H,2,11-12,15-20H2,1H3/b14-13+. The van der Waals surface area contributed by atoms with Crippen LogP contribution in [0.1, 0.15) is 42.0 Å². The van der Waals surface area contributed by atoms with E-state index in [-0.39, 0.29) is 12.5 Å². The van der Waals surface area contributed by atoms with Crippen LogP contribution in [0.15, 0.2) is 54.6 Å². The fourth-order valence-corrected chi connectivity index (χ4v) is 4.32. The number of hydrogen-bond donors (Lipinski definition) is 0. The van der Waals surface area contributed by atoms with Crippen molar-refractivity contribution in [2.75, 3.05) is 26.2 Å². The molecule has 4 rings (SSSR count). The topological polar surface area (TPSA) is 49.9 Å². The smallest absolute Gasteiger partial charge is 0.325 e. The Balaban J connectivity index is 1.46. The maximum absolute atomic E-state index is 13.0. The number of hydrogen-bond acceptors (Lipinski definition) is 4. The molecule has 168 valence electrons. The number of rotatable bonds is 9. The van der Waals surface area contributed by atoms with Crippen molar-refractivity contribution in [2.45, 2.75) is 39.3 Å². The van der Waals surface area contributed by atoms with Crippen molar-refractivity contribution in [1.82, 2.24) is 9.80 Å². The number of carbonyl (C=O) groups is 2. The predicted molar refractivity (Wildman–Crippen MR) is 126 cm³/mol. The van der Waals surface area contributed by atoms with Crippen LogP contribution in [0, 0.1) is 5.92 Å². The van der Waals surface area contributed by atoms with Gasteiger partial charge in [0, 0.05) is 32.3 Å². The number of carbonyl (C=O) groups excluding carboxylic acids is 2. The molecule has 0 N–H and O–H groups in total. The molecule has 5 nitrogen and oxygen atoms in total. The molecule has 1 heterocycles. The third kappa shape index (κ3) is 6.07. The molecule has 2 aromatic rings. The van der Waals surface area contributed by atoms with Crippen LogP contribution in [0.25, 0.3) is 6.08 Å². The minimum atomic E-state index is -0.391. The average molecular weight is 433 g/mol. The maximum atomic E-state index is 13.0. The van der Waals surface area contributed by atoms with Gasteiger partial charge in [-0.2, -0.15) is 0 Å². The lowest BCUT2D eigenvalue weighted by Crippen LogP contribution is -2.35. The van der Waals surface area contributed by atoms with E-state index < -0.39 is 5.97 Å². The molecule has 1 saturated carbocycles. The van der Waals surface area contributed by atoms with Gasteiger partial charge in [-0.05, 0) is 60.4 Å². The molecule has 2 aliphatic rings.